The maximum absolute atomic E-state index is 12.2. The lowest BCUT2D eigenvalue weighted by Gasteiger charge is -2.19. The van der Waals surface area contributed by atoms with E-state index in [1.165, 1.54) is 0 Å². The lowest BCUT2D eigenvalue weighted by molar-refractivity contribution is -0.126. The second-order valence-corrected chi connectivity index (χ2v) is 5.25. The third kappa shape index (κ3) is 3.26. The summed E-state index contributed by atoms with van der Waals surface area (Å²) in [6.45, 7) is 5.81. The molecule has 0 saturated carbocycles. The molecule has 1 fully saturated rings. The van der Waals surface area contributed by atoms with Gasteiger partial charge in [0.15, 0.2) is 0 Å². The van der Waals surface area contributed by atoms with Crippen LogP contribution in [0.25, 0.3) is 0 Å². The van der Waals surface area contributed by atoms with E-state index in [0.717, 1.165) is 24.4 Å². The van der Waals surface area contributed by atoms with Gasteiger partial charge in [-0.05, 0) is 37.1 Å². The van der Waals surface area contributed by atoms with Crippen molar-refractivity contribution in [3.8, 4) is 5.75 Å². The molecule has 4 heteroatoms. The van der Waals surface area contributed by atoms with Crippen molar-refractivity contribution in [1.29, 1.82) is 0 Å². The molecule has 104 valence electrons. The molecule has 1 saturated heterocycles. The molecule has 0 aromatic heterocycles. The normalized spacial score (nSPS) is 23.9. The number of nitrogens with one attached hydrogen (secondary N) is 2. The first-order valence-corrected chi connectivity index (χ1v) is 6.77. The summed E-state index contributed by atoms with van der Waals surface area (Å²) >= 11 is 0. The molecule has 3 atom stereocenters. The monoisotopic (exact) mass is 262 g/mol. The van der Waals surface area contributed by atoms with Crippen molar-refractivity contribution in [3.05, 3.63) is 29.8 Å². The SMILES string of the molecule is COc1cccc(C(C)NC(=O)[C@@H]2CNC[C@H]2C)c1. The zero-order valence-electron chi connectivity index (χ0n) is 11.8. The molecule has 0 spiro atoms. The Morgan fingerprint density at radius 3 is 2.89 bits per heavy atom. The van der Waals surface area contributed by atoms with E-state index < -0.39 is 0 Å². The Balaban J connectivity index is 1.99. The Morgan fingerprint density at radius 1 is 1.47 bits per heavy atom. The van der Waals surface area contributed by atoms with Crippen LogP contribution in [0.5, 0.6) is 5.75 Å². The smallest absolute Gasteiger partial charge is 0.225 e. The van der Waals surface area contributed by atoms with Crippen molar-refractivity contribution in [2.45, 2.75) is 19.9 Å². The summed E-state index contributed by atoms with van der Waals surface area (Å²) in [6.07, 6.45) is 0. The number of hydrogen-bond donors (Lipinski definition) is 2. The number of amides is 1. The van der Waals surface area contributed by atoms with Crippen LogP contribution in [0.15, 0.2) is 24.3 Å². The summed E-state index contributed by atoms with van der Waals surface area (Å²) in [4.78, 5) is 12.2. The zero-order chi connectivity index (χ0) is 13.8. The first kappa shape index (κ1) is 13.9. The summed E-state index contributed by atoms with van der Waals surface area (Å²) in [5, 5.41) is 6.34. The summed E-state index contributed by atoms with van der Waals surface area (Å²) < 4.78 is 5.20. The van der Waals surface area contributed by atoms with Gasteiger partial charge in [0.05, 0.1) is 19.1 Å². The fourth-order valence-corrected chi connectivity index (χ4v) is 2.48. The third-order valence-corrected chi connectivity index (χ3v) is 3.81. The summed E-state index contributed by atoms with van der Waals surface area (Å²) in [7, 11) is 1.65. The van der Waals surface area contributed by atoms with Crippen LogP contribution >= 0.6 is 0 Å². The highest BCUT2D eigenvalue weighted by Gasteiger charge is 2.30. The van der Waals surface area contributed by atoms with Crippen molar-refractivity contribution in [3.63, 3.8) is 0 Å². The lowest BCUT2D eigenvalue weighted by atomic mass is 9.96. The zero-order valence-corrected chi connectivity index (χ0v) is 11.8. The largest absolute Gasteiger partial charge is 0.497 e. The first-order valence-electron chi connectivity index (χ1n) is 6.77. The number of carbonyl (C=O) groups excluding carboxylic acids is 1. The molecule has 19 heavy (non-hydrogen) atoms. The number of hydrogen-bond acceptors (Lipinski definition) is 3. The average molecular weight is 262 g/mol. The van der Waals surface area contributed by atoms with Crippen LogP contribution in [-0.4, -0.2) is 26.1 Å². The topological polar surface area (TPSA) is 50.4 Å². The third-order valence-electron chi connectivity index (χ3n) is 3.81. The molecule has 1 aromatic rings. The van der Waals surface area contributed by atoms with Gasteiger partial charge in [0.2, 0.25) is 5.91 Å². The van der Waals surface area contributed by atoms with E-state index in [4.69, 9.17) is 4.74 Å². The van der Waals surface area contributed by atoms with Gasteiger partial charge in [0.1, 0.15) is 5.75 Å². The Bertz CT molecular complexity index is 448. The standard InChI is InChI=1S/C15H22N2O2/c1-10-8-16-9-14(10)15(18)17-11(2)12-5-4-6-13(7-12)19-3/h4-7,10-11,14,16H,8-9H2,1-3H3,(H,17,18)/t10-,11?,14-/m1/s1. The van der Waals surface area contributed by atoms with Crippen LogP contribution < -0.4 is 15.4 Å². The van der Waals surface area contributed by atoms with E-state index in [1.54, 1.807) is 7.11 Å². The molecule has 1 amide bonds. The highest BCUT2D eigenvalue weighted by Crippen LogP contribution is 2.21. The van der Waals surface area contributed by atoms with Crippen LogP contribution in [0, 0.1) is 11.8 Å². The van der Waals surface area contributed by atoms with E-state index in [0.29, 0.717) is 5.92 Å². The molecule has 1 aromatic carbocycles. The fourth-order valence-electron chi connectivity index (χ4n) is 2.48. The molecule has 1 unspecified atom stereocenters. The predicted octanol–water partition coefficient (Wildman–Crippen LogP) is 1.73. The summed E-state index contributed by atoms with van der Waals surface area (Å²) in [6, 6.07) is 7.80. The number of rotatable bonds is 4. The maximum atomic E-state index is 12.2. The molecule has 1 aliphatic rings. The lowest BCUT2D eigenvalue weighted by Crippen LogP contribution is -2.35. The molecule has 4 nitrogen and oxygen atoms in total. The van der Waals surface area contributed by atoms with Crippen molar-refractivity contribution in [2.75, 3.05) is 20.2 Å². The molecule has 2 N–H and O–H groups in total. The molecular formula is C15H22N2O2. The van der Waals surface area contributed by atoms with Gasteiger partial charge in [0.25, 0.3) is 0 Å². The van der Waals surface area contributed by atoms with Gasteiger partial charge >= 0.3 is 0 Å². The van der Waals surface area contributed by atoms with Gasteiger partial charge in [-0.25, -0.2) is 0 Å². The van der Waals surface area contributed by atoms with Gasteiger partial charge < -0.3 is 15.4 Å². The van der Waals surface area contributed by atoms with E-state index in [1.807, 2.05) is 31.2 Å². The Morgan fingerprint density at radius 2 is 2.26 bits per heavy atom. The van der Waals surface area contributed by atoms with Crippen molar-refractivity contribution in [2.24, 2.45) is 11.8 Å². The van der Waals surface area contributed by atoms with Crippen LogP contribution in [0.3, 0.4) is 0 Å². The van der Waals surface area contributed by atoms with E-state index in [2.05, 4.69) is 17.6 Å². The molecule has 2 rings (SSSR count). The summed E-state index contributed by atoms with van der Waals surface area (Å²) in [5.74, 6) is 1.42. The number of carbonyl (C=O) groups is 1. The molecule has 0 bridgehead atoms. The van der Waals surface area contributed by atoms with Crippen LogP contribution in [0.1, 0.15) is 25.5 Å². The Kier molecular flexibility index (Phi) is 4.43. The van der Waals surface area contributed by atoms with E-state index in [9.17, 15) is 4.79 Å². The fraction of sp³-hybridized carbons (Fsp3) is 0.533. The van der Waals surface area contributed by atoms with Crippen LogP contribution in [-0.2, 0) is 4.79 Å². The minimum absolute atomic E-state index is 0.00426. The minimum Gasteiger partial charge on any atom is -0.497 e. The van der Waals surface area contributed by atoms with Crippen molar-refractivity contribution >= 4 is 5.91 Å². The second-order valence-electron chi connectivity index (χ2n) is 5.25. The van der Waals surface area contributed by atoms with Gasteiger partial charge in [-0.15, -0.1) is 0 Å². The molecule has 0 aliphatic carbocycles. The van der Waals surface area contributed by atoms with E-state index >= 15 is 0 Å². The molecular weight excluding hydrogens is 240 g/mol. The number of ether oxygens (including phenoxy) is 1. The average Bonchev–Trinajstić information content (AvgIpc) is 2.85. The Hall–Kier alpha value is -1.55. The quantitative estimate of drug-likeness (QED) is 0.869. The maximum Gasteiger partial charge on any atom is 0.225 e. The Labute approximate surface area is 114 Å². The number of benzene rings is 1. The van der Waals surface area contributed by atoms with Gasteiger partial charge in [0, 0.05) is 6.54 Å². The van der Waals surface area contributed by atoms with Crippen molar-refractivity contribution in [1.82, 2.24) is 10.6 Å². The molecule has 0 radical (unpaired) electrons. The van der Waals surface area contributed by atoms with Crippen LogP contribution in [0.2, 0.25) is 0 Å². The van der Waals surface area contributed by atoms with Gasteiger partial charge in [-0.2, -0.15) is 0 Å². The highest BCUT2D eigenvalue weighted by atomic mass is 16.5. The minimum atomic E-state index is -0.00426. The van der Waals surface area contributed by atoms with Crippen molar-refractivity contribution < 1.29 is 9.53 Å². The first-order chi connectivity index (χ1) is 9.11. The molecule has 1 aliphatic heterocycles. The molecule has 1 heterocycles. The summed E-state index contributed by atoms with van der Waals surface area (Å²) in [5.41, 5.74) is 1.06. The van der Waals surface area contributed by atoms with Crippen LogP contribution in [0.4, 0.5) is 0 Å². The number of methoxy groups -OCH3 is 1. The predicted molar refractivity (Wildman–Crippen MR) is 75.1 cm³/mol. The second kappa shape index (κ2) is 6.06. The van der Waals surface area contributed by atoms with Gasteiger partial charge in [-0.3, -0.25) is 4.79 Å². The highest BCUT2D eigenvalue weighted by molar-refractivity contribution is 5.80. The van der Waals surface area contributed by atoms with E-state index in [-0.39, 0.29) is 17.9 Å². The van der Waals surface area contributed by atoms with Gasteiger partial charge in [-0.1, -0.05) is 19.1 Å².